The third-order valence-corrected chi connectivity index (χ3v) is 3.99. The Balaban J connectivity index is 1.89. The van der Waals surface area contributed by atoms with Crippen molar-refractivity contribution >= 4 is 22.8 Å². The van der Waals surface area contributed by atoms with Gasteiger partial charge in [0, 0.05) is 35.3 Å². The number of ketones is 1. The SMILES string of the molecule is O=C(Cc1cncs1)c1cccc2c1CCCN2. The van der Waals surface area contributed by atoms with Crippen LogP contribution in [0.25, 0.3) is 0 Å². The fourth-order valence-electron chi connectivity index (χ4n) is 2.35. The van der Waals surface area contributed by atoms with Gasteiger partial charge in [-0.05, 0) is 24.5 Å². The summed E-state index contributed by atoms with van der Waals surface area (Å²) >= 11 is 1.54. The molecule has 0 radical (unpaired) electrons. The average molecular weight is 258 g/mol. The molecule has 1 aliphatic rings. The summed E-state index contributed by atoms with van der Waals surface area (Å²) in [6, 6.07) is 5.95. The molecular formula is C14H14N2OS. The number of hydrogen-bond donors (Lipinski definition) is 1. The standard InChI is InChI=1S/C14H14N2OS/c17-14(7-10-8-15-9-18-10)12-3-1-5-13-11(12)4-2-6-16-13/h1,3,5,8-9,16H,2,4,6-7H2. The van der Waals surface area contributed by atoms with Crippen molar-refractivity contribution in [2.45, 2.75) is 19.3 Å². The first-order valence-corrected chi connectivity index (χ1v) is 6.99. The first-order chi connectivity index (χ1) is 8.84. The smallest absolute Gasteiger partial charge is 0.168 e. The highest BCUT2D eigenvalue weighted by Crippen LogP contribution is 2.26. The van der Waals surface area contributed by atoms with Gasteiger partial charge in [0.2, 0.25) is 0 Å². The summed E-state index contributed by atoms with van der Waals surface area (Å²) in [7, 11) is 0. The Hall–Kier alpha value is -1.68. The zero-order valence-corrected chi connectivity index (χ0v) is 10.8. The average Bonchev–Trinajstić information content (AvgIpc) is 2.91. The van der Waals surface area contributed by atoms with Gasteiger partial charge in [0.05, 0.1) is 5.51 Å². The molecule has 1 aliphatic heterocycles. The topological polar surface area (TPSA) is 42.0 Å². The van der Waals surface area contributed by atoms with E-state index in [1.54, 1.807) is 11.7 Å². The van der Waals surface area contributed by atoms with Crippen LogP contribution in [0.5, 0.6) is 0 Å². The fraction of sp³-hybridized carbons (Fsp3) is 0.286. The van der Waals surface area contributed by atoms with Crippen LogP contribution >= 0.6 is 11.3 Å². The second-order valence-electron chi connectivity index (χ2n) is 4.43. The predicted molar refractivity (Wildman–Crippen MR) is 73.4 cm³/mol. The number of benzene rings is 1. The van der Waals surface area contributed by atoms with E-state index in [0.29, 0.717) is 6.42 Å². The molecule has 0 bridgehead atoms. The normalized spacial score (nSPS) is 13.8. The number of thiazole rings is 1. The molecule has 0 amide bonds. The lowest BCUT2D eigenvalue weighted by atomic mass is 9.94. The molecule has 3 rings (SSSR count). The molecule has 0 unspecified atom stereocenters. The van der Waals surface area contributed by atoms with Crippen LogP contribution in [0.2, 0.25) is 0 Å². The lowest BCUT2D eigenvalue weighted by molar-refractivity contribution is 0.0993. The van der Waals surface area contributed by atoms with Crippen molar-refractivity contribution < 1.29 is 4.79 Å². The molecule has 0 saturated carbocycles. The zero-order valence-electron chi connectivity index (χ0n) is 9.98. The van der Waals surface area contributed by atoms with Crippen LogP contribution in [-0.2, 0) is 12.8 Å². The summed E-state index contributed by atoms with van der Waals surface area (Å²) in [4.78, 5) is 17.4. The van der Waals surface area contributed by atoms with Gasteiger partial charge in [0.15, 0.2) is 5.78 Å². The van der Waals surface area contributed by atoms with Gasteiger partial charge < -0.3 is 5.32 Å². The summed E-state index contributed by atoms with van der Waals surface area (Å²) in [5, 5.41) is 3.35. The summed E-state index contributed by atoms with van der Waals surface area (Å²) in [5.74, 6) is 0.194. The number of rotatable bonds is 3. The molecule has 1 N–H and O–H groups in total. The van der Waals surface area contributed by atoms with Gasteiger partial charge >= 0.3 is 0 Å². The number of carbonyl (C=O) groups excluding carboxylic acids is 1. The van der Waals surface area contributed by atoms with Crippen molar-refractivity contribution in [1.82, 2.24) is 4.98 Å². The van der Waals surface area contributed by atoms with E-state index >= 15 is 0 Å². The molecule has 2 heterocycles. The molecule has 4 heteroatoms. The van der Waals surface area contributed by atoms with Gasteiger partial charge in [-0.15, -0.1) is 11.3 Å². The third-order valence-electron chi connectivity index (χ3n) is 3.21. The second kappa shape index (κ2) is 4.90. The van der Waals surface area contributed by atoms with E-state index in [1.165, 1.54) is 16.9 Å². The molecule has 0 fully saturated rings. The van der Waals surface area contributed by atoms with Gasteiger partial charge in [0.1, 0.15) is 0 Å². The Morgan fingerprint density at radius 2 is 2.39 bits per heavy atom. The number of aromatic nitrogens is 1. The summed E-state index contributed by atoms with van der Waals surface area (Å²) in [6.07, 6.45) is 4.32. The van der Waals surface area contributed by atoms with Crippen molar-refractivity contribution in [1.29, 1.82) is 0 Å². The van der Waals surface area contributed by atoms with Crippen LogP contribution in [0, 0.1) is 0 Å². The van der Waals surface area contributed by atoms with Crippen LogP contribution in [0.1, 0.15) is 27.2 Å². The minimum atomic E-state index is 0.194. The van der Waals surface area contributed by atoms with E-state index in [1.807, 2.05) is 12.1 Å². The molecule has 92 valence electrons. The van der Waals surface area contributed by atoms with Gasteiger partial charge in [-0.3, -0.25) is 9.78 Å². The summed E-state index contributed by atoms with van der Waals surface area (Å²) in [6.45, 7) is 0.999. The first kappa shape index (κ1) is 11.4. The minimum absolute atomic E-state index is 0.194. The molecule has 0 aliphatic carbocycles. The molecule has 1 aromatic heterocycles. The highest BCUT2D eigenvalue weighted by atomic mass is 32.1. The highest BCUT2D eigenvalue weighted by Gasteiger charge is 2.17. The quantitative estimate of drug-likeness (QED) is 0.861. The second-order valence-corrected chi connectivity index (χ2v) is 5.40. The van der Waals surface area contributed by atoms with Crippen molar-refractivity contribution in [2.75, 3.05) is 11.9 Å². The van der Waals surface area contributed by atoms with E-state index < -0.39 is 0 Å². The van der Waals surface area contributed by atoms with Crippen molar-refractivity contribution in [3.05, 3.63) is 45.9 Å². The van der Waals surface area contributed by atoms with E-state index in [2.05, 4.69) is 16.4 Å². The third kappa shape index (κ3) is 2.16. The van der Waals surface area contributed by atoms with Crippen molar-refractivity contribution in [3.8, 4) is 0 Å². The largest absolute Gasteiger partial charge is 0.385 e. The zero-order chi connectivity index (χ0) is 12.4. The monoisotopic (exact) mass is 258 g/mol. The molecule has 0 atom stereocenters. The Morgan fingerprint density at radius 3 is 3.22 bits per heavy atom. The van der Waals surface area contributed by atoms with Crippen molar-refractivity contribution in [2.24, 2.45) is 0 Å². The van der Waals surface area contributed by atoms with Crippen molar-refractivity contribution in [3.63, 3.8) is 0 Å². The molecular weight excluding hydrogens is 244 g/mol. The molecule has 0 spiro atoms. The number of nitrogens with one attached hydrogen (secondary N) is 1. The Bertz CT molecular complexity index is 563. The molecule has 1 aromatic carbocycles. The molecule has 0 saturated heterocycles. The number of hydrogen-bond acceptors (Lipinski definition) is 4. The first-order valence-electron chi connectivity index (χ1n) is 6.11. The molecule has 2 aromatic rings. The van der Waals surface area contributed by atoms with Crippen LogP contribution in [-0.4, -0.2) is 17.3 Å². The molecule has 18 heavy (non-hydrogen) atoms. The van der Waals surface area contributed by atoms with E-state index in [4.69, 9.17) is 0 Å². The Morgan fingerprint density at radius 1 is 1.44 bits per heavy atom. The van der Waals surface area contributed by atoms with Gasteiger partial charge in [-0.2, -0.15) is 0 Å². The number of nitrogens with zero attached hydrogens (tertiary/aromatic N) is 1. The maximum Gasteiger partial charge on any atom is 0.168 e. The van der Waals surface area contributed by atoms with Crippen LogP contribution in [0.3, 0.4) is 0 Å². The maximum absolute atomic E-state index is 12.3. The van der Waals surface area contributed by atoms with E-state index in [9.17, 15) is 4.79 Å². The number of anilines is 1. The van der Waals surface area contributed by atoms with Crippen LogP contribution < -0.4 is 5.32 Å². The minimum Gasteiger partial charge on any atom is -0.385 e. The lowest BCUT2D eigenvalue weighted by Crippen LogP contribution is -2.16. The number of Topliss-reactive ketones (excluding diaryl/α,β-unsaturated/α-hetero) is 1. The number of carbonyl (C=O) groups is 1. The van der Waals surface area contributed by atoms with E-state index in [-0.39, 0.29) is 5.78 Å². The fourth-order valence-corrected chi connectivity index (χ4v) is 2.95. The van der Waals surface area contributed by atoms with Crippen LogP contribution in [0.15, 0.2) is 29.9 Å². The summed E-state index contributed by atoms with van der Waals surface area (Å²) < 4.78 is 0. The van der Waals surface area contributed by atoms with Crippen LogP contribution in [0.4, 0.5) is 5.69 Å². The highest BCUT2D eigenvalue weighted by molar-refractivity contribution is 7.09. The Kier molecular flexibility index (Phi) is 3.11. The number of fused-ring (bicyclic) bond motifs is 1. The summed E-state index contributed by atoms with van der Waals surface area (Å²) in [5.41, 5.74) is 4.94. The maximum atomic E-state index is 12.3. The van der Waals surface area contributed by atoms with E-state index in [0.717, 1.165) is 35.5 Å². The van der Waals surface area contributed by atoms with Gasteiger partial charge in [-0.1, -0.05) is 12.1 Å². The Labute approximate surface area is 110 Å². The lowest BCUT2D eigenvalue weighted by Gasteiger charge is -2.20. The molecule has 3 nitrogen and oxygen atoms in total. The van der Waals surface area contributed by atoms with Gasteiger partial charge in [0.25, 0.3) is 0 Å². The predicted octanol–water partition coefficient (Wildman–Crippen LogP) is 2.93. The van der Waals surface area contributed by atoms with Gasteiger partial charge in [-0.25, -0.2) is 0 Å².